The first-order valence-corrected chi connectivity index (χ1v) is 8.51. The van der Waals surface area contributed by atoms with Crippen molar-refractivity contribution in [1.82, 2.24) is 9.80 Å². The van der Waals surface area contributed by atoms with Crippen LogP contribution >= 0.6 is 0 Å². The van der Waals surface area contributed by atoms with Gasteiger partial charge in [0.25, 0.3) is 0 Å². The quantitative estimate of drug-likeness (QED) is 0.782. The van der Waals surface area contributed by atoms with Crippen molar-refractivity contribution < 1.29 is 14.3 Å². The van der Waals surface area contributed by atoms with Gasteiger partial charge in [0, 0.05) is 31.1 Å². The number of carbonyl (C=O) groups excluding carboxylic acids is 2. The van der Waals surface area contributed by atoms with Crippen LogP contribution in [0.3, 0.4) is 0 Å². The second kappa shape index (κ2) is 7.07. The zero-order valence-electron chi connectivity index (χ0n) is 14.2. The fourth-order valence-corrected chi connectivity index (χ4v) is 3.45. The van der Waals surface area contributed by atoms with Crippen LogP contribution in [0.2, 0.25) is 0 Å². The van der Waals surface area contributed by atoms with E-state index < -0.39 is 0 Å². The van der Waals surface area contributed by atoms with Gasteiger partial charge in [0.1, 0.15) is 12.4 Å². The highest BCUT2D eigenvalue weighted by Gasteiger charge is 2.30. The monoisotopic (exact) mass is 328 g/mol. The number of rotatable bonds is 2. The van der Waals surface area contributed by atoms with Gasteiger partial charge in [-0.3, -0.25) is 9.59 Å². The molecular formula is C19H24N2O3. The van der Waals surface area contributed by atoms with Crippen molar-refractivity contribution in [2.75, 3.05) is 26.2 Å². The molecule has 0 atom stereocenters. The Morgan fingerprint density at radius 1 is 1.21 bits per heavy atom. The van der Waals surface area contributed by atoms with Gasteiger partial charge in [0.2, 0.25) is 11.8 Å². The second-order valence-electron chi connectivity index (χ2n) is 6.52. The third-order valence-electron chi connectivity index (χ3n) is 4.84. The number of benzene rings is 1. The van der Waals surface area contributed by atoms with Crippen LogP contribution in [0, 0.1) is 12.8 Å². The number of nitrogens with zero attached hydrogens (tertiary/aromatic N) is 2. The topological polar surface area (TPSA) is 49.9 Å². The maximum Gasteiger partial charge on any atom is 0.245 e. The van der Waals surface area contributed by atoms with Crippen molar-refractivity contribution in [2.24, 2.45) is 5.92 Å². The van der Waals surface area contributed by atoms with Crippen LogP contribution in [0.1, 0.15) is 24.0 Å². The minimum absolute atomic E-state index is 0.00905. The zero-order valence-corrected chi connectivity index (χ0v) is 14.2. The number of ether oxygens (including phenoxy) is 1. The molecule has 5 heteroatoms. The Bertz CT molecular complexity index is 648. The number of fused-ring (bicyclic) bond motifs is 1. The molecule has 24 heavy (non-hydrogen) atoms. The molecule has 0 radical (unpaired) electrons. The molecular weight excluding hydrogens is 304 g/mol. The second-order valence-corrected chi connectivity index (χ2v) is 6.52. The van der Waals surface area contributed by atoms with E-state index in [1.165, 1.54) is 11.6 Å². The van der Waals surface area contributed by atoms with Crippen LogP contribution in [0.15, 0.2) is 30.9 Å². The molecule has 3 rings (SSSR count). The number of piperidine rings is 1. The van der Waals surface area contributed by atoms with Gasteiger partial charge >= 0.3 is 0 Å². The Morgan fingerprint density at radius 3 is 2.67 bits per heavy atom. The molecule has 0 saturated carbocycles. The summed E-state index contributed by atoms with van der Waals surface area (Å²) < 4.78 is 5.78. The molecule has 2 aliphatic rings. The van der Waals surface area contributed by atoms with Crippen LogP contribution in [0.25, 0.3) is 0 Å². The smallest absolute Gasteiger partial charge is 0.245 e. The van der Waals surface area contributed by atoms with E-state index >= 15 is 0 Å². The maximum absolute atomic E-state index is 12.9. The number of carbonyl (C=O) groups is 2. The highest BCUT2D eigenvalue weighted by Crippen LogP contribution is 2.27. The van der Waals surface area contributed by atoms with Gasteiger partial charge in [-0.15, -0.1) is 0 Å². The summed E-state index contributed by atoms with van der Waals surface area (Å²) in [6.45, 7) is 8.55. The maximum atomic E-state index is 12.9. The van der Waals surface area contributed by atoms with Crippen LogP contribution < -0.4 is 4.74 Å². The van der Waals surface area contributed by atoms with Gasteiger partial charge in [-0.2, -0.15) is 0 Å². The lowest BCUT2D eigenvalue weighted by Crippen LogP contribution is -2.44. The lowest BCUT2D eigenvalue weighted by molar-refractivity contribution is -0.140. The molecule has 0 unspecified atom stereocenters. The normalized spacial score (nSPS) is 18.4. The molecule has 1 saturated heterocycles. The Kier molecular flexibility index (Phi) is 4.88. The SMILES string of the molecule is C=CC(=O)N1CCC(C(=O)N2CCOc3ccc(C)cc3C2)CC1. The predicted molar refractivity (Wildman–Crippen MR) is 91.6 cm³/mol. The van der Waals surface area contributed by atoms with Crippen molar-refractivity contribution in [3.63, 3.8) is 0 Å². The first-order chi connectivity index (χ1) is 11.6. The molecule has 0 aromatic heterocycles. The molecule has 0 bridgehead atoms. The number of likely N-dealkylation sites (tertiary alicyclic amines) is 1. The standard InChI is InChI=1S/C19H24N2O3/c1-3-18(22)20-8-6-15(7-9-20)19(23)21-10-11-24-17-5-4-14(2)12-16(17)13-21/h3-5,12,15H,1,6-11,13H2,2H3. The first kappa shape index (κ1) is 16.6. The molecule has 2 amide bonds. The molecule has 128 valence electrons. The summed E-state index contributed by atoms with van der Waals surface area (Å²) in [5, 5.41) is 0. The third kappa shape index (κ3) is 3.45. The summed E-state index contributed by atoms with van der Waals surface area (Å²) >= 11 is 0. The third-order valence-corrected chi connectivity index (χ3v) is 4.84. The van der Waals surface area contributed by atoms with Gasteiger partial charge in [-0.25, -0.2) is 0 Å². The summed E-state index contributed by atoms with van der Waals surface area (Å²) in [5.41, 5.74) is 2.24. The first-order valence-electron chi connectivity index (χ1n) is 8.51. The number of amides is 2. The highest BCUT2D eigenvalue weighted by molar-refractivity contribution is 5.87. The molecule has 5 nitrogen and oxygen atoms in total. The number of hydrogen-bond donors (Lipinski definition) is 0. The fraction of sp³-hybridized carbons (Fsp3) is 0.474. The molecule has 0 spiro atoms. The lowest BCUT2D eigenvalue weighted by Gasteiger charge is -2.33. The summed E-state index contributed by atoms with van der Waals surface area (Å²) in [7, 11) is 0. The Balaban J connectivity index is 1.65. The van der Waals surface area contributed by atoms with Gasteiger partial charge in [-0.05, 0) is 31.9 Å². The summed E-state index contributed by atoms with van der Waals surface area (Å²) in [5.74, 6) is 1.000. The Hall–Kier alpha value is -2.30. The molecule has 1 aromatic carbocycles. The molecule has 2 heterocycles. The van der Waals surface area contributed by atoms with Gasteiger partial charge in [0.05, 0.1) is 6.54 Å². The van der Waals surface area contributed by atoms with Crippen molar-refractivity contribution in [1.29, 1.82) is 0 Å². The van der Waals surface area contributed by atoms with E-state index in [0.29, 0.717) is 32.8 Å². The summed E-state index contributed by atoms with van der Waals surface area (Å²) in [6.07, 6.45) is 2.78. The summed E-state index contributed by atoms with van der Waals surface area (Å²) in [6, 6.07) is 6.10. The minimum atomic E-state index is -0.0477. The van der Waals surface area contributed by atoms with Gasteiger partial charge < -0.3 is 14.5 Å². The van der Waals surface area contributed by atoms with E-state index in [1.54, 1.807) is 4.90 Å². The van der Waals surface area contributed by atoms with Crippen molar-refractivity contribution >= 4 is 11.8 Å². The Morgan fingerprint density at radius 2 is 1.96 bits per heavy atom. The van der Waals surface area contributed by atoms with E-state index in [4.69, 9.17) is 4.74 Å². The van der Waals surface area contributed by atoms with E-state index in [0.717, 1.165) is 24.2 Å². The fourth-order valence-electron chi connectivity index (χ4n) is 3.45. The number of hydrogen-bond acceptors (Lipinski definition) is 3. The molecule has 1 aromatic rings. The molecule has 0 N–H and O–H groups in total. The zero-order chi connectivity index (χ0) is 17.1. The largest absolute Gasteiger partial charge is 0.491 e. The molecule has 2 aliphatic heterocycles. The van der Waals surface area contributed by atoms with E-state index in [-0.39, 0.29) is 17.7 Å². The van der Waals surface area contributed by atoms with E-state index in [1.807, 2.05) is 24.0 Å². The van der Waals surface area contributed by atoms with Crippen molar-refractivity contribution in [3.8, 4) is 5.75 Å². The molecule has 1 fully saturated rings. The summed E-state index contributed by atoms with van der Waals surface area (Å²) in [4.78, 5) is 28.2. The van der Waals surface area contributed by atoms with Crippen molar-refractivity contribution in [3.05, 3.63) is 42.0 Å². The van der Waals surface area contributed by atoms with Crippen molar-refractivity contribution in [2.45, 2.75) is 26.3 Å². The lowest BCUT2D eigenvalue weighted by atomic mass is 9.95. The minimum Gasteiger partial charge on any atom is -0.491 e. The predicted octanol–water partition coefficient (Wildman–Crippen LogP) is 2.14. The van der Waals surface area contributed by atoms with Crippen LogP contribution in [0.5, 0.6) is 5.75 Å². The number of aryl methyl sites for hydroxylation is 1. The Labute approximate surface area is 142 Å². The van der Waals surface area contributed by atoms with Crippen LogP contribution in [-0.2, 0) is 16.1 Å². The van der Waals surface area contributed by atoms with E-state index in [9.17, 15) is 9.59 Å². The van der Waals surface area contributed by atoms with Crippen LogP contribution in [-0.4, -0.2) is 47.9 Å². The highest BCUT2D eigenvalue weighted by atomic mass is 16.5. The van der Waals surface area contributed by atoms with Gasteiger partial charge in [0.15, 0.2) is 0 Å². The average molecular weight is 328 g/mol. The van der Waals surface area contributed by atoms with Crippen LogP contribution in [0.4, 0.5) is 0 Å². The molecule has 0 aliphatic carbocycles. The van der Waals surface area contributed by atoms with E-state index in [2.05, 4.69) is 12.6 Å². The van der Waals surface area contributed by atoms with Gasteiger partial charge in [-0.1, -0.05) is 24.3 Å². The average Bonchev–Trinajstić information content (AvgIpc) is 2.82.